The van der Waals surface area contributed by atoms with Gasteiger partial charge >= 0.3 is 0 Å². The predicted octanol–water partition coefficient (Wildman–Crippen LogP) is 2.08. The van der Waals surface area contributed by atoms with Gasteiger partial charge in [0.15, 0.2) is 0 Å². The fraction of sp³-hybridized carbons (Fsp3) is 0.462. The standard InChI is InChI=1S/C13H19N5/c1-4-5-12-8-14-10(2)17-13(12)15-6-11-7-16-18(3)9-11/h7-9H,4-6H2,1-3H3,(H,14,15,17). The lowest BCUT2D eigenvalue weighted by Crippen LogP contribution is -2.06. The maximum Gasteiger partial charge on any atom is 0.133 e. The van der Waals surface area contributed by atoms with E-state index in [0.29, 0.717) is 0 Å². The third kappa shape index (κ3) is 3.06. The van der Waals surface area contributed by atoms with Crippen LogP contribution < -0.4 is 5.32 Å². The summed E-state index contributed by atoms with van der Waals surface area (Å²) < 4.78 is 1.80. The fourth-order valence-corrected chi connectivity index (χ4v) is 1.85. The maximum atomic E-state index is 4.46. The first-order valence-corrected chi connectivity index (χ1v) is 6.23. The highest BCUT2D eigenvalue weighted by Crippen LogP contribution is 2.14. The van der Waals surface area contributed by atoms with Gasteiger partial charge in [-0.1, -0.05) is 13.3 Å². The molecule has 0 saturated heterocycles. The fourth-order valence-electron chi connectivity index (χ4n) is 1.85. The van der Waals surface area contributed by atoms with Crippen molar-refractivity contribution in [2.75, 3.05) is 5.32 Å². The predicted molar refractivity (Wildman–Crippen MR) is 71.3 cm³/mol. The van der Waals surface area contributed by atoms with E-state index < -0.39 is 0 Å². The average Bonchev–Trinajstić information content (AvgIpc) is 2.76. The molecule has 0 bridgehead atoms. The van der Waals surface area contributed by atoms with E-state index in [1.807, 2.05) is 32.6 Å². The van der Waals surface area contributed by atoms with E-state index in [1.54, 1.807) is 4.68 Å². The van der Waals surface area contributed by atoms with Crippen LogP contribution in [-0.4, -0.2) is 19.7 Å². The lowest BCUT2D eigenvalue weighted by Gasteiger charge is -2.09. The zero-order valence-corrected chi connectivity index (χ0v) is 11.1. The first-order valence-electron chi connectivity index (χ1n) is 6.23. The minimum absolute atomic E-state index is 0.737. The van der Waals surface area contributed by atoms with Crippen molar-refractivity contribution in [3.63, 3.8) is 0 Å². The van der Waals surface area contributed by atoms with E-state index in [2.05, 4.69) is 27.3 Å². The Labute approximate surface area is 107 Å². The van der Waals surface area contributed by atoms with Crippen LogP contribution in [0.4, 0.5) is 5.82 Å². The Morgan fingerprint density at radius 1 is 1.33 bits per heavy atom. The zero-order chi connectivity index (χ0) is 13.0. The Morgan fingerprint density at radius 3 is 2.83 bits per heavy atom. The summed E-state index contributed by atoms with van der Waals surface area (Å²) >= 11 is 0. The Morgan fingerprint density at radius 2 is 2.17 bits per heavy atom. The van der Waals surface area contributed by atoms with Gasteiger partial charge in [-0.3, -0.25) is 4.68 Å². The number of rotatable bonds is 5. The van der Waals surface area contributed by atoms with Crippen molar-refractivity contribution in [2.24, 2.45) is 7.05 Å². The molecule has 0 aliphatic carbocycles. The molecule has 5 nitrogen and oxygen atoms in total. The van der Waals surface area contributed by atoms with Crippen molar-refractivity contribution in [1.29, 1.82) is 0 Å². The van der Waals surface area contributed by atoms with Crippen LogP contribution in [0.15, 0.2) is 18.6 Å². The molecule has 0 fully saturated rings. The van der Waals surface area contributed by atoms with Crippen molar-refractivity contribution < 1.29 is 0 Å². The first kappa shape index (κ1) is 12.5. The van der Waals surface area contributed by atoms with Crippen LogP contribution in [0, 0.1) is 6.92 Å². The number of hydrogen-bond acceptors (Lipinski definition) is 4. The number of aryl methyl sites for hydroxylation is 3. The zero-order valence-electron chi connectivity index (χ0n) is 11.1. The molecule has 2 heterocycles. The minimum Gasteiger partial charge on any atom is -0.366 e. The molecule has 0 saturated carbocycles. The molecule has 2 rings (SSSR count). The molecule has 96 valence electrons. The van der Waals surface area contributed by atoms with Crippen LogP contribution in [0.25, 0.3) is 0 Å². The summed E-state index contributed by atoms with van der Waals surface area (Å²) in [6, 6.07) is 0. The number of aromatic nitrogens is 4. The molecule has 0 aliphatic rings. The van der Waals surface area contributed by atoms with Crippen LogP contribution >= 0.6 is 0 Å². The van der Waals surface area contributed by atoms with E-state index in [1.165, 1.54) is 5.56 Å². The largest absolute Gasteiger partial charge is 0.366 e. The molecule has 0 amide bonds. The summed E-state index contributed by atoms with van der Waals surface area (Å²) in [7, 11) is 1.92. The third-order valence-corrected chi connectivity index (χ3v) is 2.72. The Kier molecular flexibility index (Phi) is 3.92. The van der Waals surface area contributed by atoms with Crippen molar-refractivity contribution >= 4 is 5.82 Å². The molecule has 0 aliphatic heterocycles. The van der Waals surface area contributed by atoms with Gasteiger partial charge in [-0.2, -0.15) is 5.10 Å². The molecule has 0 unspecified atom stereocenters. The van der Waals surface area contributed by atoms with Crippen molar-refractivity contribution in [3.8, 4) is 0 Å². The lowest BCUT2D eigenvalue weighted by molar-refractivity contribution is 0.767. The second kappa shape index (κ2) is 5.62. The van der Waals surface area contributed by atoms with E-state index in [9.17, 15) is 0 Å². The van der Waals surface area contributed by atoms with Gasteiger partial charge in [-0.25, -0.2) is 9.97 Å². The van der Waals surface area contributed by atoms with Gasteiger partial charge in [0, 0.05) is 37.1 Å². The van der Waals surface area contributed by atoms with Gasteiger partial charge in [0.05, 0.1) is 6.20 Å². The molecule has 0 radical (unpaired) electrons. The lowest BCUT2D eigenvalue weighted by atomic mass is 10.2. The monoisotopic (exact) mass is 245 g/mol. The van der Waals surface area contributed by atoms with Crippen LogP contribution in [0.2, 0.25) is 0 Å². The number of anilines is 1. The highest BCUT2D eigenvalue weighted by Gasteiger charge is 2.05. The number of hydrogen-bond donors (Lipinski definition) is 1. The van der Waals surface area contributed by atoms with Gasteiger partial charge in [-0.15, -0.1) is 0 Å². The van der Waals surface area contributed by atoms with E-state index >= 15 is 0 Å². The summed E-state index contributed by atoms with van der Waals surface area (Å²) in [6.07, 6.45) is 7.86. The van der Waals surface area contributed by atoms with Crippen LogP contribution in [0.1, 0.15) is 30.3 Å². The van der Waals surface area contributed by atoms with E-state index in [-0.39, 0.29) is 0 Å². The average molecular weight is 245 g/mol. The minimum atomic E-state index is 0.737. The first-order chi connectivity index (χ1) is 8.69. The molecular formula is C13H19N5. The van der Waals surface area contributed by atoms with Crippen LogP contribution in [0.3, 0.4) is 0 Å². The number of nitrogens with zero attached hydrogens (tertiary/aromatic N) is 4. The summed E-state index contributed by atoms with van der Waals surface area (Å²) in [5.41, 5.74) is 2.32. The van der Waals surface area contributed by atoms with Gasteiger partial charge in [0.2, 0.25) is 0 Å². The van der Waals surface area contributed by atoms with Crippen molar-refractivity contribution in [3.05, 3.63) is 35.5 Å². The smallest absolute Gasteiger partial charge is 0.133 e. The SMILES string of the molecule is CCCc1cnc(C)nc1NCc1cnn(C)c1. The van der Waals surface area contributed by atoms with Gasteiger partial charge < -0.3 is 5.32 Å². The number of nitrogens with one attached hydrogen (secondary N) is 1. The van der Waals surface area contributed by atoms with Gasteiger partial charge in [-0.05, 0) is 13.3 Å². The van der Waals surface area contributed by atoms with Crippen LogP contribution in [0.5, 0.6) is 0 Å². The second-order valence-corrected chi connectivity index (χ2v) is 4.42. The molecular weight excluding hydrogens is 226 g/mol. The molecule has 2 aromatic rings. The molecule has 2 aromatic heterocycles. The van der Waals surface area contributed by atoms with E-state index in [4.69, 9.17) is 0 Å². The van der Waals surface area contributed by atoms with Gasteiger partial charge in [0.1, 0.15) is 11.6 Å². The second-order valence-electron chi connectivity index (χ2n) is 4.42. The van der Waals surface area contributed by atoms with Gasteiger partial charge in [0.25, 0.3) is 0 Å². The summed E-state index contributed by atoms with van der Waals surface area (Å²) in [6.45, 7) is 4.80. The molecule has 0 spiro atoms. The summed E-state index contributed by atoms with van der Waals surface area (Å²) in [5.74, 6) is 1.73. The Hall–Kier alpha value is -1.91. The molecule has 18 heavy (non-hydrogen) atoms. The molecule has 0 aromatic carbocycles. The quantitative estimate of drug-likeness (QED) is 0.876. The third-order valence-electron chi connectivity index (χ3n) is 2.72. The van der Waals surface area contributed by atoms with E-state index in [0.717, 1.165) is 36.6 Å². The maximum absolute atomic E-state index is 4.46. The Balaban J connectivity index is 2.09. The Bertz CT molecular complexity index is 518. The highest BCUT2D eigenvalue weighted by atomic mass is 15.2. The highest BCUT2D eigenvalue weighted by molar-refractivity contribution is 5.43. The molecule has 1 N–H and O–H groups in total. The van der Waals surface area contributed by atoms with Crippen molar-refractivity contribution in [1.82, 2.24) is 19.7 Å². The van der Waals surface area contributed by atoms with Crippen LogP contribution in [-0.2, 0) is 20.0 Å². The topological polar surface area (TPSA) is 55.6 Å². The molecule has 0 atom stereocenters. The normalized spacial score (nSPS) is 10.6. The van der Waals surface area contributed by atoms with Crippen molar-refractivity contribution in [2.45, 2.75) is 33.2 Å². The summed E-state index contributed by atoms with van der Waals surface area (Å²) in [4.78, 5) is 8.71. The summed E-state index contributed by atoms with van der Waals surface area (Å²) in [5, 5.41) is 7.51. The molecule has 5 heteroatoms.